The minimum absolute atomic E-state index is 0.319. The molecule has 5 aromatic rings. The van der Waals surface area contributed by atoms with Gasteiger partial charge in [0.25, 0.3) is 0 Å². The van der Waals surface area contributed by atoms with Gasteiger partial charge in [0, 0.05) is 6.07 Å². The highest BCUT2D eigenvalue weighted by molar-refractivity contribution is 6.42. The number of aromatic nitrogens is 6. The summed E-state index contributed by atoms with van der Waals surface area (Å²) < 4.78 is 6.96. The van der Waals surface area contributed by atoms with Crippen molar-refractivity contribution in [2.45, 2.75) is 20.4 Å². The van der Waals surface area contributed by atoms with Crippen LogP contribution < -0.4 is 5.32 Å². The van der Waals surface area contributed by atoms with Gasteiger partial charge in [-0.2, -0.15) is 5.10 Å². The molecule has 5 rings (SSSR count). The fourth-order valence-electron chi connectivity index (χ4n) is 3.41. The Kier molecular flexibility index (Phi) is 4.57. The van der Waals surface area contributed by atoms with Crippen molar-refractivity contribution in [1.29, 1.82) is 0 Å². The first kappa shape index (κ1) is 19.2. The van der Waals surface area contributed by atoms with Crippen LogP contribution in [0.25, 0.3) is 27.9 Å². The zero-order valence-electron chi connectivity index (χ0n) is 15.8. The molecule has 0 spiro atoms. The fourth-order valence-corrected chi connectivity index (χ4v) is 3.91. The van der Waals surface area contributed by atoms with Crippen molar-refractivity contribution in [3.8, 4) is 11.3 Å². The third-order valence-corrected chi connectivity index (χ3v) is 5.65. The summed E-state index contributed by atoms with van der Waals surface area (Å²) in [6, 6.07) is 5.20. The molecule has 0 radical (unpaired) electrons. The van der Waals surface area contributed by atoms with Gasteiger partial charge in [0.15, 0.2) is 10.8 Å². The van der Waals surface area contributed by atoms with E-state index in [1.807, 2.05) is 13.8 Å². The molecule has 0 atom stereocenters. The molecule has 0 saturated heterocycles. The largest absolute Gasteiger partial charge is 0.375 e. The topological polar surface area (TPSA) is 96.9 Å². The quantitative estimate of drug-likeness (QED) is 0.368. The van der Waals surface area contributed by atoms with Gasteiger partial charge in [-0.1, -0.05) is 40.0 Å². The Balaban J connectivity index is 1.51. The summed E-state index contributed by atoms with van der Waals surface area (Å²) >= 11 is 18.4. The highest BCUT2D eigenvalue weighted by atomic mass is 35.5. The van der Waals surface area contributed by atoms with Crippen molar-refractivity contribution >= 4 is 57.2 Å². The number of aryl methyl sites for hydroxylation is 2. The number of anilines is 1. The molecule has 0 unspecified atom stereocenters. The van der Waals surface area contributed by atoms with Crippen molar-refractivity contribution in [3.63, 3.8) is 0 Å². The van der Waals surface area contributed by atoms with Gasteiger partial charge >= 0.3 is 0 Å². The highest BCUT2D eigenvalue weighted by Crippen LogP contribution is 2.30. The molecule has 152 valence electrons. The molecule has 0 amide bonds. The van der Waals surface area contributed by atoms with Gasteiger partial charge in [0.05, 0.1) is 56.5 Å². The first-order valence-corrected chi connectivity index (χ1v) is 10.1. The minimum atomic E-state index is 0.319. The van der Waals surface area contributed by atoms with E-state index in [-0.39, 0.29) is 0 Å². The van der Waals surface area contributed by atoms with Crippen molar-refractivity contribution in [3.05, 3.63) is 56.9 Å². The van der Waals surface area contributed by atoms with Crippen molar-refractivity contribution in [2.75, 3.05) is 5.32 Å². The van der Waals surface area contributed by atoms with Crippen LogP contribution in [0, 0.1) is 13.8 Å². The van der Waals surface area contributed by atoms with Crippen LogP contribution >= 0.6 is 34.8 Å². The number of halogens is 3. The van der Waals surface area contributed by atoms with E-state index >= 15 is 0 Å². The number of H-pyrrole nitrogens is 1. The van der Waals surface area contributed by atoms with Crippen molar-refractivity contribution < 1.29 is 4.52 Å². The second kappa shape index (κ2) is 7.16. The zero-order chi connectivity index (χ0) is 21.0. The van der Waals surface area contributed by atoms with Crippen LogP contribution in [0.2, 0.25) is 15.2 Å². The second-order valence-corrected chi connectivity index (χ2v) is 7.98. The van der Waals surface area contributed by atoms with Crippen molar-refractivity contribution in [2.24, 2.45) is 0 Å². The number of fused-ring (bicyclic) bond motifs is 2. The summed E-state index contributed by atoms with van der Waals surface area (Å²) in [6.45, 7) is 4.13. The zero-order valence-corrected chi connectivity index (χ0v) is 18.1. The Bertz CT molecular complexity index is 1360. The number of hydrogen-bond donors (Lipinski definition) is 2. The first-order chi connectivity index (χ1) is 14.4. The van der Waals surface area contributed by atoms with Gasteiger partial charge in [-0.3, -0.25) is 0 Å². The molecule has 4 heterocycles. The van der Waals surface area contributed by atoms with Gasteiger partial charge in [-0.25, -0.2) is 14.5 Å². The van der Waals surface area contributed by atoms with E-state index in [4.69, 9.17) is 39.3 Å². The normalized spacial score (nSPS) is 11.6. The lowest BCUT2D eigenvalue weighted by atomic mass is 10.1. The number of nitrogens with zero attached hydrogens (tertiary/aromatic N) is 5. The maximum Gasteiger partial charge on any atom is 0.177 e. The van der Waals surface area contributed by atoms with E-state index in [2.05, 4.69) is 30.5 Å². The van der Waals surface area contributed by atoms with Gasteiger partial charge in [-0.15, -0.1) is 0 Å². The molecule has 0 aliphatic heterocycles. The lowest BCUT2D eigenvalue weighted by Gasteiger charge is -2.08. The standard InChI is InChI=1S/C19H14Cl3N7O/c1-8-18(9(2)30-28-8)15-6-24-19-14(5-16(22)27-29(15)19)23-7-17-25-12-3-10(20)11(21)4-13(12)26-17/h3-6,23H,7H2,1-2H3,(H,25,26). The van der Waals surface area contributed by atoms with E-state index in [1.165, 1.54) is 0 Å². The molecule has 11 heteroatoms. The maximum absolute atomic E-state index is 6.28. The van der Waals surface area contributed by atoms with E-state index in [0.29, 0.717) is 44.7 Å². The van der Waals surface area contributed by atoms with E-state index in [9.17, 15) is 0 Å². The number of imidazole rings is 2. The Labute approximate surface area is 185 Å². The molecule has 4 aromatic heterocycles. The molecular weight excluding hydrogens is 449 g/mol. The molecule has 8 nitrogen and oxygen atoms in total. The van der Waals surface area contributed by atoms with E-state index in [0.717, 1.165) is 28.0 Å². The molecule has 0 aliphatic rings. The fraction of sp³-hybridized carbons (Fsp3) is 0.158. The molecule has 0 bridgehead atoms. The Morgan fingerprint density at radius 1 is 1.13 bits per heavy atom. The van der Waals surface area contributed by atoms with E-state index in [1.54, 1.807) is 28.9 Å². The van der Waals surface area contributed by atoms with Crippen LogP contribution in [0.5, 0.6) is 0 Å². The first-order valence-electron chi connectivity index (χ1n) is 8.95. The van der Waals surface area contributed by atoms with Crippen LogP contribution in [0.15, 0.2) is 28.9 Å². The Morgan fingerprint density at radius 3 is 2.70 bits per heavy atom. The average Bonchev–Trinajstić information content (AvgIpc) is 3.37. The van der Waals surface area contributed by atoms with Crippen LogP contribution in [-0.2, 0) is 6.54 Å². The Hall–Kier alpha value is -2.81. The summed E-state index contributed by atoms with van der Waals surface area (Å²) in [7, 11) is 0. The van der Waals surface area contributed by atoms with Crippen LogP contribution in [0.1, 0.15) is 17.3 Å². The van der Waals surface area contributed by atoms with Gasteiger partial charge in [0.1, 0.15) is 11.6 Å². The lowest BCUT2D eigenvalue weighted by molar-refractivity contribution is 0.393. The number of hydrogen-bond acceptors (Lipinski definition) is 6. The van der Waals surface area contributed by atoms with Crippen LogP contribution in [0.4, 0.5) is 5.69 Å². The number of benzene rings is 1. The van der Waals surface area contributed by atoms with Gasteiger partial charge in [0.2, 0.25) is 0 Å². The molecular formula is C19H14Cl3N7O. The molecule has 30 heavy (non-hydrogen) atoms. The third kappa shape index (κ3) is 3.17. The molecule has 0 saturated carbocycles. The average molecular weight is 463 g/mol. The molecule has 2 N–H and O–H groups in total. The van der Waals surface area contributed by atoms with Gasteiger partial charge in [-0.05, 0) is 26.0 Å². The van der Waals surface area contributed by atoms with Crippen molar-refractivity contribution in [1.82, 2.24) is 29.7 Å². The summed E-state index contributed by atoms with van der Waals surface area (Å²) in [5.41, 5.74) is 5.22. The van der Waals surface area contributed by atoms with Crippen LogP contribution in [0.3, 0.4) is 0 Å². The maximum atomic E-state index is 6.28. The smallest absolute Gasteiger partial charge is 0.177 e. The SMILES string of the molecule is Cc1noc(C)c1-c1cnc2c(NCc3nc4cc(Cl)c(Cl)cc4[nH]3)cc(Cl)nn12. The summed E-state index contributed by atoms with van der Waals surface area (Å²) in [6.07, 6.45) is 1.72. The van der Waals surface area contributed by atoms with E-state index < -0.39 is 0 Å². The molecule has 0 aliphatic carbocycles. The number of aromatic amines is 1. The predicted molar refractivity (Wildman–Crippen MR) is 116 cm³/mol. The highest BCUT2D eigenvalue weighted by Gasteiger charge is 2.19. The number of nitrogens with one attached hydrogen (secondary N) is 2. The van der Waals surface area contributed by atoms with Gasteiger partial charge < -0.3 is 14.8 Å². The molecule has 1 aromatic carbocycles. The summed E-state index contributed by atoms with van der Waals surface area (Å²) in [5.74, 6) is 1.40. The lowest BCUT2D eigenvalue weighted by Crippen LogP contribution is -2.05. The minimum Gasteiger partial charge on any atom is -0.375 e. The predicted octanol–water partition coefficient (Wildman–Crippen LogP) is 5.45. The molecule has 0 fully saturated rings. The monoisotopic (exact) mass is 461 g/mol. The Morgan fingerprint density at radius 2 is 1.93 bits per heavy atom. The van der Waals surface area contributed by atoms with Crippen LogP contribution in [-0.4, -0.2) is 29.7 Å². The third-order valence-electron chi connectivity index (χ3n) is 4.75. The number of rotatable bonds is 4. The summed E-state index contributed by atoms with van der Waals surface area (Å²) in [5, 5.41) is 13.0. The summed E-state index contributed by atoms with van der Waals surface area (Å²) in [4.78, 5) is 12.3. The second-order valence-electron chi connectivity index (χ2n) is 6.78.